The molecule has 0 radical (unpaired) electrons. The zero-order valence-electron chi connectivity index (χ0n) is 9.67. The Balaban J connectivity index is 3.10. The summed E-state index contributed by atoms with van der Waals surface area (Å²) in [4.78, 5) is 10.2. The zero-order valence-corrected chi connectivity index (χ0v) is 11.2. The van der Waals surface area contributed by atoms with Crippen LogP contribution in [-0.2, 0) is 15.6 Å². The van der Waals surface area contributed by atoms with Crippen molar-refractivity contribution >= 4 is 27.1 Å². The van der Waals surface area contributed by atoms with Crippen molar-refractivity contribution in [3.63, 3.8) is 0 Å². The Kier molecular flexibility index (Phi) is 4.66. The summed E-state index contributed by atoms with van der Waals surface area (Å²) in [5.41, 5.74) is 5.24. The molecule has 2 N–H and O–H groups in total. The number of hydrogen-bond acceptors (Lipinski definition) is 5. The SMILES string of the molecule is CC(N)CS(=O)(=O)Cc1cc(Cl)ccc1[N+](=O)[O-]. The number of nitro benzene ring substituents is 1. The van der Waals surface area contributed by atoms with E-state index >= 15 is 0 Å². The highest BCUT2D eigenvalue weighted by Crippen LogP contribution is 2.24. The average molecular weight is 293 g/mol. The van der Waals surface area contributed by atoms with Gasteiger partial charge in [-0.3, -0.25) is 10.1 Å². The van der Waals surface area contributed by atoms with E-state index in [1.54, 1.807) is 6.92 Å². The highest BCUT2D eigenvalue weighted by Gasteiger charge is 2.21. The maximum absolute atomic E-state index is 11.8. The zero-order chi connectivity index (χ0) is 13.9. The van der Waals surface area contributed by atoms with Gasteiger partial charge in [0.05, 0.1) is 16.4 Å². The molecule has 0 spiro atoms. The van der Waals surface area contributed by atoms with E-state index in [0.29, 0.717) is 0 Å². The lowest BCUT2D eigenvalue weighted by Gasteiger charge is -2.07. The van der Waals surface area contributed by atoms with Crippen molar-refractivity contribution in [1.29, 1.82) is 0 Å². The minimum Gasteiger partial charge on any atom is -0.327 e. The maximum atomic E-state index is 11.8. The second kappa shape index (κ2) is 5.64. The third-order valence-electron chi connectivity index (χ3n) is 2.13. The molecule has 0 bridgehead atoms. The lowest BCUT2D eigenvalue weighted by atomic mass is 10.2. The number of nitrogens with two attached hydrogens (primary N) is 1. The summed E-state index contributed by atoms with van der Waals surface area (Å²) in [6.45, 7) is 1.56. The van der Waals surface area contributed by atoms with Crippen LogP contribution in [0, 0.1) is 10.1 Å². The van der Waals surface area contributed by atoms with E-state index in [-0.39, 0.29) is 22.0 Å². The molecule has 0 amide bonds. The van der Waals surface area contributed by atoms with E-state index in [4.69, 9.17) is 17.3 Å². The van der Waals surface area contributed by atoms with Crippen molar-refractivity contribution in [3.8, 4) is 0 Å². The second-order valence-corrected chi connectivity index (χ2v) is 6.61. The molecule has 6 nitrogen and oxygen atoms in total. The van der Waals surface area contributed by atoms with E-state index < -0.39 is 26.6 Å². The normalized spacial score (nSPS) is 13.3. The Morgan fingerprint density at radius 1 is 1.50 bits per heavy atom. The second-order valence-electron chi connectivity index (χ2n) is 4.06. The molecule has 0 heterocycles. The summed E-state index contributed by atoms with van der Waals surface area (Å²) in [7, 11) is -3.49. The van der Waals surface area contributed by atoms with Gasteiger partial charge in [-0.15, -0.1) is 0 Å². The largest absolute Gasteiger partial charge is 0.327 e. The van der Waals surface area contributed by atoms with Crippen LogP contribution in [0.4, 0.5) is 5.69 Å². The molecular formula is C10H13ClN2O4S. The Morgan fingerprint density at radius 3 is 2.61 bits per heavy atom. The predicted molar refractivity (Wildman–Crippen MR) is 69.2 cm³/mol. The molecule has 1 aromatic rings. The van der Waals surface area contributed by atoms with Gasteiger partial charge < -0.3 is 5.73 Å². The van der Waals surface area contributed by atoms with E-state index in [1.165, 1.54) is 18.2 Å². The van der Waals surface area contributed by atoms with Gasteiger partial charge in [-0.25, -0.2) is 8.42 Å². The van der Waals surface area contributed by atoms with Gasteiger partial charge in [-0.2, -0.15) is 0 Å². The highest BCUT2D eigenvalue weighted by molar-refractivity contribution is 7.90. The van der Waals surface area contributed by atoms with E-state index in [1.807, 2.05) is 0 Å². The summed E-state index contributed by atoms with van der Waals surface area (Å²) in [6.07, 6.45) is 0. The summed E-state index contributed by atoms with van der Waals surface area (Å²) in [6, 6.07) is 3.31. The van der Waals surface area contributed by atoms with Crippen molar-refractivity contribution in [3.05, 3.63) is 38.9 Å². The first-order valence-corrected chi connectivity index (χ1v) is 7.30. The van der Waals surface area contributed by atoms with Crippen molar-refractivity contribution < 1.29 is 13.3 Å². The minimum atomic E-state index is -3.49. The molecule has 0 aromatic heterocycles. The number of sulfone groups is 1. The fraction of sp³-hybridized carbons (Fsp3) is 0.400. The molecule has 0 saturated carbocycles. The van der Waals surface area contributed by atoms with Crippen LogP contribution in [0.15, 0.2) is 18.2 Å². The fourth-order valence-electron chi connectivity index (χ4n) is 1.54. The molecule has 1 aromatic carbocycles. The van der Waals surface area contributed by atoms with Crippen LogP contribution in [0.5, 0.6) is 0 Å². The van der Waals surface area contributed by atoms with Crippen LogP contribution >= 0.6 is 11.6 Å². The van der Waals surface area contributed by atoms with Crippen LogP contribution in [0.2, 0.25) is 5.02 Å². The standard InChI is InChI=1S/C10H13ClN2O4S/c1-7(12)5-18(16,17)6-8-4-9(11)2-3-10(8)13(14)15/h2-4,7H,5-6,12H2,1H3. The van der Waals surface area contributed by atoms with E-state index in [0.717, 1.165) is 0 Å². The quantitative estimate of drug-likeness (QED) is 0.654. The Bertz CT molecular complexity index is 557. The molecule has 1 rings (SSSR count). The number of hydrogen-bond donors (Lipinski definition) is 1. The summed E-state index contributed by atoms with van der Waals surface area (Å²) >= 11 is 5.71. The van der Waals surface area contributed by atoms with Crippen LogP contribution in [-0.4, -0.2) is 25.1 Å². The smallest absolute Gasteiger partial charge is 0.273 e. The van der Waals surface area contributed by atoms with Crippen molar-refractivity contribution in [1.82, 2.24) is 0 Å². The van der Waals surface area contributed by atoms with Crippen molar-refractivity contribution in [2.45, 2.75) is 18.7 Å². The van der Waals surface area contributed by atoms with Gasteiger partial charge in [0.25, 0.3) is 5.69 Å². The first-order valence-electron chi connectivity index (χ1n) is 5.10. The van der Waals surface area contributed by atoms with Gasteiger partial charge >= 0.3 is 0 Å². The molecule has 18 heavy (non-hydrogen) atoms. The summed E-state index contributed by atoms with van der Waals surface area (Å²) < 4.78 is 23.5. The first kappa shape index (κ1) is 14.9. The Hall–Kier alpha value is -1.18. The molecule has 0 aliphatic heterocycles. The minimum absolute atomic E-state index is 0.0770. The fourth-order valence-corrected chi connectivity index (χ4v) is 3.36. The van der Waals surface area contributed by atoms with E-state index in [9.17, 15) is 18.5 Å². The molecule has 0 aliphatic carbocycles. The number of benzene rings is 1. The lowest BCUT2D eigenvalue weighted by molar-refractivity contribution is -0.385. The average Bonchev–Trinajstić information content (AvgIpc) is 2.13. The molecule has 8 heteroatoms. The number of nitro groups is 1. The maximum Gasteiger partial charge on any atom is 0.273 e. The summed E-state index contributed by atoms with van der Waals surface area (Å²) in [5, 5.41) is 11.0. The van der Waals surface area contributed by atoms with Gasteiger partial charge in [0, 0.05) is 22.7 Å². The number of rotatable bonds is 5. The van der Waals surface area contributed by atoms with Crippen molar-refractivity contribution in [2.75, 3.05) is 5.75 Å². The molecule has 0 aliphatic rings. The van der Waals surface area contributed by atoms with Gasteiger partial charge in [-0.1, -0.05) is 11.6 Å². The molecular weight excluding hydrogens is 280 g/mol. The molecule has 0 saturated heterocycles. The first-order chi connectivity index (χ1) is 8.21. The van der Waals surface area contributed by atoms with Crippen LogP contribution in [0.3, 0.4) is 0 Å². The van der Waals surface area contributed by atoms with Crippen LogP contribution in [0.25, 0.3) is 0 Å². The predicted octanol–water partition coefficient (Wildman–Crippen LogP) is 1.51. The Labute approximate surface area is 110 Å². The number of nitrogens with zero attached hydrogens (tertiary/aromatic N) is 1. The molecule has 0 fully saturated rings. The molecule has 100 valence electrons. The lowest BCUT2D eigenvalue weighted by Crippen LogP contribution is -2.27. The van der Waals surface area contributed by atoms with Crippen LogP contribution < -0.4 is 5.73 Å². The highest BCUT2D eigenvalue weighted by atomic mass is 35.5. The third kappa shape index (κ3) is 4.25. The van der Waals surface area contributed by atoms with Crippen LogP contribution in [0.1, 0.15) is 12.5 Å². The monoisotopic (exact) mass is 292 g/mol. The van der Waals surface area contributed by atoms with E-state index in [2.05, 4.69) is 0 Å². The van der Waals surface area contributed by atoms with Gasteiger partial charge in [-0.05, 0) is 19.1 Å². The third-order valence-corrected chi connectivity index (χ3v) is 4.15. The van der Waals surface area contributed by atoms with Crippen molar-refractivity contribution in [2.24, 2.45) is 5.73 Å². The number of halogens is 1. The van der Waals surface area contributed by atoms with Gasteiger partial charge in [0.2, 0.25) is 0 Å². The van der Waals surface area contributed by atoms with Gasteiger partial charge in [0.15, 0.2) is 9.84 Å². The van der Waals surface area contributed by atoms with Gasteiger partial charge in [0.1, 0.15) is 0 Å². The molecule has 1 unspecified atom stereocenters. The Morgan fingerprint density at radius 2 is 2.11 bits per heavy atom. The summed E-state index contributed by atoms with van der Waals surface area (Å²) in [5.74, 6) is -0.665. The molecule has 1 atom stereocenters. The topological polar surface area (TPSA) is 103 Å².